The van der Waals surface area contributed by atoms with Crippen molar-refractivity contribution >= 4 is 142 Å². The van der Waals surface area contributed by atoms with Crippen LogP contribution in [0.25, 0.3) is 32.3 Å². The fraction of sp³-hybridized carbons (Fsp3) is 0.135. The van der Waals surface area contributed by atoms with E-state index < -0.39 is 57.7 Å². The fourth-order valence-corrected chi connectivity index (χ4v) is 11.5. The van der Waals surface area contributed by atoms with Gasteiger partial charge in [0.05, 0.1) is 33.5 Å². The van der Waals surface area contributed by atoms with Gasteiger partial charge in [-0.15, -0.1) is 20.5 Å². The average molecular weight is 1230 g/mol. The van der Waals surface area contributed by atoms with Gasteiger partial charge < -0.3 is 26.0 Å². The Morgan fingerprint density at radius 3 is 1.51 bits per heavy atom. The number of nitrogens with zero attached hydrogens (tertiary/aromatic N) is 9. The van der Waals surface area contributed by atoms with Gasteiger partial charge >= 0.3 is 10.4 Å². The molecule has 0 saturated heterocycles. The molecule has 0 unspecified atom stereocenters. The molecule has 0 spiro atoms. The molecule has 0 fully saturated rings. The van der Waals surface area contributed by atoms with E-state index in [1.54, 1.807) is 71.0 Å². The summed E-state index contributed by atoms with van der Waals surface area (Å²) < 4.78 is 128. The van der Waals surface area contributed by atoms with Crippen LogP contribution in [0.2, 0.25) is 5.28 Å². The molecular weight excluding hydrogens is 1180 g/mol. The van der Waals surface area contributed by atoms with Gasteiger partial charge in [-0.05, 0) is 187 Å². The molecule has 0 aliphatic carbocycles. The molecule has 0 radical (unpaired) electrons. The van der Waals surface area contributed by atoms with Gasteiger partial charge in [-0.25, -0.2) is 12.6 Å². The summed E-state index contributed by atoms with van der Waals surface area (Å²) in [5, 5.41) is 68.1. The summed E-state index contributed by atoms with van der Waals surface area (Å²) in [6.45, 7) is 7.74. The molecule has 0 saturated carbocycles. The van der Waals surface area contributed by atoms with Crippen LogP contribution in [0.1, 0.15) is 27.8 Å². The fourth-order valence-electron chi connectivity index (χ4n) is 8.72. The molecule has 1 aromatic heterocycles. The SMILES string of the molecule is Cc1cc2cc(S(=O)(=O)O)ccc2c(O)c1N=Nc1ccc2c(O)c(N=Nc3ccc4c(O)c(N=Nc5cc(Nc6nc(Cl)nc(Nc7cccc(S(=O)(=O)CCOS(=O)(=O)O)c7)n6)ccc5S(=O)(=O)O)c(C)cc4c3C)c(C)cc2c1C. The lowest BCUT2D eigenvalue weighted by molar-refractivity contribution is 0.284. The maximum Gasteiger partial charge on any atom is 0.397 e. The number of phenols is 3. The molecule has 0 bridgehead atoms. The molecule has 0 aliphatic heterocycles. The monoisotopic (exact) mass is 1230 g/mol. The topological polar surface area (TPSA) is 404 Å². The maximum atomic E-state index is 12.8. The molecule has 0 aliphatic rings. The van der Waals surface area contributed by atoms with Gasteiger partial charge in [-0.2, -0.15) is 50.4 Å². The van der Waals surface area contributed by atoms with Gasteiger partial charge in [0, 0.05) is 27.5 Å². The largest absolute Gasteiger partial charge is 0.505 e. The molecule has 9 rings (SSSR count). The number of aromatic nitrogens is 3. The van der Waals surface area contributed by atoms with E-state index in [9.17, 15) is 58.1 Å². The van der Waals surface area contributed by atoms with Crippen LogP contribution in [0.3, 0.4) is 0 Å². The van der Waals surface area contributed by atoms with Crippen LogP contribution in [0.4, 0.5) is 57.4 Å². The molecule has 9 aromatic rings. The number of benzene rings is 8. The van der Waals surface area contributed by atoms with E-state index in [4.69, 9.17) is 16.2 Å². The molecule has 31 heteroatoms. The summed E-state index contributed by atoms with van der Waals surface area (Å²) in [5.41, 5.74) is 3.64. The van der Waals surface area contributed by atoms with Crippen molar-refractivity contribution in [1.29, 1.82) is 0 Å². The van der Waals surface area contributed by atoms with E-state index in [2.05, 4.69) is 60.5 Å². The number of aryl methyl sites for hydroxylation is 5. The standard InChI is InChI=1S/C52H44ClN11O15S4/c1-25-19-30-22-34(81(70,71)72)10-11-35(30)47(65)44(25)62-59-40-14-12-36-38(28(40)4)20-26(2)45(48(36)66)63-60-41-15-13-37-39(29(41)5)21-27(3)46(49(37)67)64-61-42-24-32(9-16-43(42)82(73,74)75)55-52-57-50(53)56-51(58-52)54-31-7-6-8-33(23-31)80(68,69)18-17-79-83(76,77)78/h6-16,19-24,65-67H,17-18H2,1-5H3,(H,70,71,72)(H,73,74,75)(H,76,77,78)(H2,54,55,56,57,58). The number of anilines is 4. The lowest BCUT2D eigenvalue weighted by Gasteiger charge is -2.13. The van der Waals surface area contributed by atoms with Crippen molar-refractivity contribution in [2.45, 2.75) is 49.3 Å². The number of nitrogens with one attached hydrogen (secondary N) is 2. The Morgan fingerprint density at radius 1 is 0.494 bits per heavy atom. The van der Waals surface area contributed by atoms with Gasteiger partial charge in [-0.1, -0.05) is 6.07 Å². The van der Waals surface area contributed by atoms with Crippen LogP contribution in [0, 0.1) is 34.6 Å². The van der Waals surface area contributed by atoms with Crippen molar-refractivity contribution in [2.24, 2.45) is 30.7 Å². The van der Waals surface area contributed by atoms with Gasteiger partial charge in [0.1, 0.15) is 27.6 Å². The van der Waals surface area contributed by atoms with Crippen molar-refractivity contribution in [2.75, 3.05) is 23.0 Å². The second-order valence-electron chi connectivity index (χ2n) is 18.5. The van der Waals surface area contributed by atoms with Crippen molar-refractivity contribution in [3.05, 3.63) is 136 Å². The predicted octanol–water partition coefficient (Wildman–Crippen LogP) is 12.5. The second-order valence-corrected chi connectivity index (χ2v) is 24.8. The van der Waals surface area contributed by atoms with Gasteiger partial charge in [0.25, 0.3) is 20.2 Å². The predicted molar refractivity (Wildman–Crippen MR) is 307 cm³/mol. The Morgan fingerprint density at radius 2 is 0.988 bits per heavy atom. The molecule has 8 N–H and O–H groups in total. The van der Waals surface area contributed by atoms with Crippen LogP contribution < -0.4 is 10.6 Å². The zero-order valence-electron chi connectivity index (χ0n) is 43.6. The molecule has 83 heavy (non-hydrogen) atoms. The third-order valence-corrected chi connectivity index (χ3v) is 16.9. The number of hydrogen-bond acceptors (Lipinski definition) is 23. The first-order chi connectivity index (χ1) is 38.9. The Bertz CT molecular complexity index is 4780. The van der Waals surface area contributed by atoms with Gasteiger partial charge in [-0.3, -0.25) is 13.7 Å². The highest BCUT2D eigenvalue weighted by Crippen LogP contribution is 2.46. The number of phenolic OH excluding ortho intramolecular Hbond substituents is 3. The molecule has 428 valence electrons. The second kappa shape index (κ2) is 22.6. The highest BCUT2D eigenvalue weighted by Gasteiger charge is 2.22. The molecule has 8 aromatic carbocycles. The van der Waals surface area contributed by atoms with Crippen LogP contribution in [0.15, 0.2) is 149 Å². The maximum absolute atomic E-state index is 12.8. The van der Waals surface area contributed by atoms with E-state index in [0.29, 0.717) is 71.5 Å². The number of azo groups is 3. The van der Waals surface area contributed by atoms with Crippen molar-refractivity contribution in [3.8, 4) is 17.2 Å². The first kappa shape index (κ1) is 58.9. The summed E-state index contributed by atoms with van der Waals surface area (Å²) >= 11 is 6.20. The summed E-state index contributed by atoms with van der Waals surface area (Å²) in [4.78, 5) is 11.0. The van der Waals surface area contributed by atoms with Crippen LogP contribution in [-0.2, 0) is 44.7 Å². The lowest BCUT2D eigenvalue weighted by atomic mass is 9.99. The summed E-state index contributed by atoms with van der Waals surface area (Å²) in [6, 6.07) is 24.1. The normalized spacial score (nSPS) is 12.7. The highest BCUT2D eigenvalue weighted by molar-refractivity contribution is 7.91. The summed E-state index contributed by atoms with van der Waals surface area (Å²) in [5.74, 6) is -1.89. The zero-order chi connectivity index (χ0) is 60.1. The third-order valence-electron chi connectivity index (χ3n) is 12.9. The first-order valence-corrected chi connectivity index (χ1v) is 30.3. The molecule has 0 atom stereocenters. The Hall–Kier alpha value is -8.72. The smallest absolute Gasteiger partial charge is 0.397 e. The molecule has 0 amide bonds. The minimum Gasteiger partial charge on any atom is -0.505 e. The highest BCUT2D eigenvalue weighted by atomic mass is 35.5. The Balaban J connectivity index is 0.942. The zero-order valence-corrected chi connectivity index (χ0v) is 47.6. The summed E-state index contributed by atoms with van der Waals surface area (Å²) in [7, 11) is -18.3. The molecular formula is C52H44ClN11O15S4. The van der Waals surface area contributed by atoms with E-state index in [1.165, 1.54) is 54.6 Å². The van der Waals surface area contributed by atoms with Crippen LogP contribution in [-0.4, -0.2) is 90.0 Å². The number of fused-ring (bicyclic) bond motifs is 3. The number of rotatable bonds is 17. The molecule has 26 nitrogen and oxygen atoms in total. The van der Waals surface area contributed by atoms with Crippen molar-refractivity contribution < 1.29 is 66.8 Å². The number of hydrogen-bond donors (Lipinski definition) is 8. The molecule has 1 heterocycles. The number of halogens is 1. The van der Waals surface area contributed by atoms with Crippen LogP contribution in [0.5, 0.6) is 17.2 Å². The van der Waals surface area contributed by atoms with Gasteiger partial charge in [0.2, 0.25) is 17.2 Å². The minimum atomic E-state index is -4.90. The number of aromatic hydroxyl groups is 3. The van der Waals surface area contributed by atoms with E-state index in [0.717, 1.165) is 6.07 Å². The summed E-state index contributed by atoms with van der Waals surface area (Å²) in [6.07, 6.45) is 0. The van der Waals surface area contributed by atoms with Gasteiger partial charge in [0.15, 0.2) is 27.1 Å². The Kier molecular flexibility index (Phi) is 16.0. The third kappa shape index (κ3) is 12.8. The minimum absolute atomic E-state index is 0.0491. The number of sulfone groups is 1. The van der Waals surface area contributed by atoms with Crippen LogP contribution >= 0.6 is 11.6 Å². The average Bonchev–Trinajstić information content (AvgIpc) is 2.87. The van der Waals surface area contributed by atoms with Crippen molar-refractivity contribution in [1.82, 2.24) is 15.0 Å². The van der Waals surface area contributed by atoms with E-state index in [-0.39, 0.29) is 78.3 Å². The lowest BCUT2D eigenvalue weighted by Crippen LogP contribution is -2.15. The Labute approximate surface area is 477 Å². The van der Waals surface area contributed by atoms with Crippen molar-refractivity contribution in [3.63, 3.8) is 0 Å². The first-order valence-electron chi connectivity index (χ1n) is 24.0. The quantitative estimate of drug-likeness (QED) is 0.0310. The van der Waals surface area contributed by atoms with E-state index >= 15 is 0 Å². The van der Waals surface area contributed by atoms with E-state index in [1.807, 2.05) is 6.07 Å².